The molecule has 34 heavy (non-hydrogen) atoms. The van der Waals surface area contributed by atoms with Gasteiger partial charge >= 0.3 is 11.8 Å². The molecule has 0 atom stereocenters. The Morgan fingerprint density at radius 1 is 1.15 bits per heavy atom. The summed E-state index contributed by atoms with van der Waals surface area (Å²) in [5.41, 5.74) is 5.63. The van der Waals surface area contributed by atoms with E-state index < -0.39 is 11.0 Å². The Labute approximate surface area is 197 Å². The zero-order valence-electron chi connectivity index (χ0n) is 19.0. The number of aromatic nitrogens is 1. The van der Waals surface area contributed by atoms with Crippen molar-refractivity contribution in [2.75, 3.05) is 20.3 Å². The lowest BCUT2D eigenvalue weighted by molar-refractivity contribution is -0.386. The van der Waals surface area contributed by atoms with E-state index in [1.54, 1.807) is 13.0 Å². The maximum absolute atomic E-state index is 12.2. The van der Waals surface area contributed by atoms with Crippen LogP contribution < -0.4 is 10.1 Å². The van der Waals surface area contributed by atoms with Gasteiger partial charge in [0.15, 0.2) is 0 Å². The van der Waals surface area contributed by atoms with Crippen molar-refractivity contribution in [2.24, 2.45) is 0 Å². The fraction of sp³-hybridized carbons (Fsp3) is 0.231. The van der Waals surface area contributed by atoms with E-state index in [1.807, 2.05) is 30.3 Å². The molecule has 174 valence electrons. The van der Waals surface area contributed by atoms with Crippen molar-refractivity contribution in [3.8, 4) is 17.0 Å². The normalized spacial score (nSPS) is 12.3. The van der Waals surface area contributed by atoms with Crippen molar-refractivity contribution < 1.29 is 19.2 Å². The highest BCUT2D eigenvalue weighted by Crippen LogP contribution is 2.44. The van der Waals surface area contributed by atoms with Crippen LogP contribution in [0.5, 0.6) is 5.88 Å². The van der Waals surface area contributed by atoms with Crippen molar-refractivity contribution in [3.63, 3.8) is 0 Å². The maximum Gasteiger partial charge on any atom is 0.407 e. The van der Waals surface area contributed by atoms with Gasteiger partial charge in [0, 0.05) is 29.8 Å². The van der Waals surface area contributed by atoms with E-state index in [0.29, 0.717) is 24.1 Å². The van der Waals surface area contributed by atoms with E-state index in [-0.39, 0.29) is 24.1 Å². The molecule has 0 fully saturated rings. The summed E-state index contributed by atoms with van der Waals surface area (Å²) >= 11 is 0. The molecule has 1 amide bonds. The summed E-state index contributed by atoms with van der Waals surface area (Å²) in [6.07, 6.45) is 5.14. The monoisotopic (exact) mass is 459 g/mol. The minimum atomic E-state index is -0.503. The molecule has 3 aromatic rings. The number of ether oxygens (including phenoxy) is 2. The number of rotatable bonds is 8. The number of hydrogen-bond acceptors (Lipinski definition) is 6. The molecule has 2 aromatic carbocycles. The molecule has 8 nitrogen and oxygen atoms in total. The first-order chi connectivity index (χ1) is 16.5. The van der Waals surface area contributed by atoms with Gasteiger partial charge < -0.3 is 14.8 Å². The van der Waals surface area contributed by atoms with E-state index in [0.717, 1.165) is 11.1 Å². The molecule has 0 unspecified atom stereocenters. The van der Waals surface area contributed by atoms with Crippen molar-refractivity contribution in [1.82, 2.24) is 10.3 Å². The van der Waals surface area contributed by atoms with Crippen LogP contribution in [0.2, 0.25) is 0 Å². The van der Waals surface area contributed by atoms with E-state index >= 15 is 0 Å². The van der Waals surface area contributed by atoms with Gasteiger partial charge in [0.25, 0.3) is 5.88 Å². The highest BCUT2D eigenvalue weighted by molar-refractivity contribution is 5.79. The van der Waals surface area contributed by atoms with Crippen LogP contribution in [0.1, 0.15) is 34.6 Å². The van der Waals surface area contributed by atoms with Crippen LogP contribution in [0.25, 0.3) is 17.2 Å². The molecular formula is C26H25N3O5. The quantitative estimate of drug-likeness (QED) is 0.280. The number of carbonyl (C=O) groups excluding carboxylic acids is 1. The third-order valence-corrected chi connectivity index (χ3v) is 5.91. The van der Waals surface area contributed by atoms with Crippen LogP contribution in [0.4, 0.5) is 10.5 Å². The molecule has 1 aromatic heterocycles. The first-order valence-corrected chi connectivity index (χ1v) is 10.9. The second-order valence-corrected chi connectivity index (χ2v) is 7.90. The van der Waals surface area contributed by atoms with Gasteiger partial charge in [0.2, 0.25) is 0 Å². The molecule has 1 aliphatic carbocycles. The second kappa shape index (κ2) is 10.2. The van der Waals surface area contributed by atoms with Gasteiger partial charge in [0.1, 0.15) is 6.61 Å². The van der Waals surface area contributed by atoms with Gasteiger partial charge in [-0.05, 0) is 35.6 Å². The summed E-state index contributed by atoms with van der Waals surface area (Å²) in [7, 11) is 1.35. The lowest BCUT2D eigenvalue weighted by Crippen LogP contribution is -2.26. The number of benzene rings is 2. The molecule has 4 rings (SSSR count). The van der Waals surface area contributed by atoms with Crippen molar-refractivity contribution in [1.29, 1.82) is 0 Å². The summed E-state index contributed by atoms with van der Waals surface area (Å²) in [5.74, 6) is -0.00374. The molecule has 0 radical (unpaired) electrons. The third-order valence-electron chi connectivity index (χ3n) is 5.91. The number of amides is 1. The average Bonchev–Trinajstić information content (AvgIpc) is 3.16. The van der Waals surface area contributed by atoms with E-state index in [9.17, 15) is 14.9 Å². The Morgan fingerprint density at radius 3 is 2.41 bits per heavy atom. The minimum Gasteiger partial charge on any atom is -0.476 e. The van der Waals surface area contributed by atoms with Crippen LogP contribution in [0.15, 0.2) is 60.8 Å². The highest BCUT2D eigenvalue weighted by Gasteiger charge is 2.29. The summed E-state index contributed by atoms with van der Waals surface area (Å²) < 4.78 is 10.5. The summed E-state index contributed by atoms with van der Waals surface area (Å²) in [6.45, 7) is 2.28. The fourth-order valence-electron chi connectivity index (χ4n) is 4.23. The standard InChI is InChI=1S/C26H25N3O5/c1-17-18(15-28-25(33-2)24(17)29(31)32)9-7-8-14-27-26(30)34-16-23-21-12-5-3-10-19(21)20-11-4-6-13-22(20)23/h3-7,9-13,15,23H,8,14,16H2,1-2H3,(H,27,30). The van der Waals surface area contributed by atoms with E-state index in [2.05, 4.69) is 34.6 Å². The van der Waals surface area contributed by atoms with Gasteiger partial charge in [-0.15, -0.1) is 0 Å². The summed E-state index contributed by atoms with van der Waals surface area (Å²) in [6, 6.07) is 16.4. The average molecular weight is 460 g/mol. The van der Waals surface area contributed by atoms with Gasteiger partial charge in [-0.25, -0.2) is 9.78 Å². The number of pyridine rings is 1. The Hall–Kier alpha value is -4.20. The molecular weight excluding hydrogens is 434 g/mol. The zero-order chi connectivity index (χ0) is 24.1. The number of hydrogen-bond donors (Lipinski definition) is 1. The van der Waals surface area contributed by atoms with Gasteiger partial charge in [-0.2, -0.15) is 0 Å². The first kappa shape index (κ1) is 23.0. The van der Waals surface area contributed by atoms with Crippen molar-refractivity contribution in [3.05, 3.63) is 93.2 Å². The van der Waals surface area contributed by atoms with Gasteiger partial charge in [-0.3, -0.25) is 10.1 Å². The number of nitrogens with zero attached hydrogens (tertiary/aromatic N) is 2. The van der Waals surface area contributed by atoms with E-state index in [1.165, 1.54) is 24.4 Å². The summed E-state index contributed by atoms with van der Waals surface area (Å²) in [4.78, 5) is 27.0. The number of nitro groups is 1. The second-order valence-electron chi connectivity index (χ2n) is 7.90. The SMILES string of the molecule is COc1ncc(C=CCCNC(=O)OCC2c3ccccc3-c3ccccc32)c(C)c1[N+](=O)[O-]. The van der Waals surface area contributed by atoms with E-state index in [4.69, 9.17) is 9.47 Å². The topological polar surface area (TPSA) is 104 Å². The Morgan fingerprint density at radius 2 is 1.79 bits per heavy atom. The Bertz CT molecular complexity index is 1210. The van der Waals surface area contributed by atoms with Crippen molar-refractivity contribution in [2.45, 2.75) is 19.3 Å². The molecule has 0 bridgehead atoms. The Balaban J connectivity index is 1.29. The molecule has 1 aliphatic rings. The van der Waals surface area contributed by atoms with Gasteiger partial charge in [0.05, 0.1) is 12.0 Å². The highest BCUT2D eigenvalue weighted by atomic mass is 16.6. The predicted octanol–water partition coefficient (Wildman–Crippen LogP) is 5.25. The largest absolute Gasteiger partial charge is 0.476 e. The van der Waals surface area contributed by atoms with Crippen LogP contribution in [0.3, 0.4) is 0 Å². The molecule has 0 spiro atoms. The molecule has 0 saturated heterocycles. The molecule has 8 heteroatoms. The van der Waals surface area contributed by atoms with Gasteiger partial charge in [-0.1, -0.05) is 60.7 Å². The molecule has 1 N–H and O–H groups in total. The lowest BCUT2D eigenvalue weighted by atomic mass is 9.98. The van der Waals surface area contributed by atoms with Crippen LogP contribution in [-0.2, 0) is 4.74 Å². The van der Waals surface area contributed by atoms with Crippen LogP contribution in [-0.4, -0.2) is 36.3 Å². The smallest absolute Gasteiger partial charge is 0.407 e. The lowest BCUT2D eigenvalue weighted by Gasteiger charge is -2.14. The number of nitrogens with one attached hydrogen (secondary N) is 1. The first-order valence-electron chi connectivity index (χ1n) is 10.9. The maximum atomic E-state index is 12.2. The van der Waals surface area contributed by atoms with Crippen LogP contribution in [0, 0.1) is 17.0 Å². The molecule has 1 heterocycles. The number of carbonyl (C=O) groups is 1. The number of methoxy groups -OCH3 is 1. The number of fused-ring (bicyclic) bond motifs is 3. The zero-order valence-corrected chi connectivity index (χ0v) is 19.0. The van der Waals surface area contributed by atoms with Crippen molar-refractivity contribution >= 4 is 17.9 Å². The minimum absolute atomic E-state index is 0.0133. The predicted molar refractivity (Wildman–Crippen MR) is 129 cm³/mol. The summed E-state index contributed by atoms with van der Waals surface area (Å²) in [5, 5.41) is 14.0. The number of alkyl carbamates (subject to hydrolysis) is 1. The third kappa shape index (κ3) is 4.61. The Kier molecular flexibility index (Phi) is 6.87. The molecule has 0 aliphatic heterocycles. The van der Waals surface area contributed by atoms with Crippen LogP contribution >= 0.6 is 0 Å². The molecule has 0 saturated carbocycles. The fourth-order valence-corrected chi connectivity index (χ4v) is 4.23.